The van der Waals surface area contributed by atoms with Crippen LogP contribution < -0.4 is 0 Å². The molecular formula is C21H15F3N4S. The van der Waals surface area contributed by atoms with Gasteiger partial charge in [-0.3, -0.25) is 5.10 Å². The maximum Gasteiger partial charge on any atom is 0.417 e. The predicted molar refractivity (Wildman–Crippen MR) is 109 cm³/mol. The molecule has 4 aromatic rings. The summed E-state index contributed by atoms with van der Waals surface area (Å²) in [6.07, 6.45) is -2.89. The van der Waals surface area contributed by atoms with Gasteiger partial charge in [-0.25, -0.2) is 0 Å². The molecule has 3 aromatic carbocycles. The Morgan fingerprint density at radius 3 is 2.55 bits per heavy atom. The highest BCUT2D eigenvalue weighted by atomic mass is 32.1. The lowest BCUT2D eigenvalue weighted by Gasteiger charge is -2.09. The Balaban J connectivity index is 1.71. The zero-order valence-electron chi connectivity index (χ0n) is 15.0. The SMILES string of the molecule is FC(F)(F)c1ccccc1/C=N\n1c(Cc2cccc3ccccc23)n[nH]c1=S. The summed E-state index contributed by atoms with van der Waals surface area (Å²) in [5, 5.41) is 13.2. The summed E-state index contributed by atoms with van der Waals surface area (Å²) in [7, 11) is 0. The number of halogens is 3. The van der Waals surface area contributed by atoms with E-state index in [2.05, 4.69) is 15.3 Å². The molecule has 0 aliphatic rings. The molecular weight excluding hydrogens is 397 g/mol. The van der Waals surface area contributed by atoms with E-state index in [0.717, 1.165) is 28.6 Å². The molecule has 4 nitrogen and oxygen atoms in total. The van der Waals surface area contributed by atoms with Gasteiger partial charge >= 0.3 is 6.18 Å². The molecule has 0 saturated carbocycles. The Kier molecular flexibility index (Phi) is 5.02. The van der Waals surface area contributed by atoms with Crippen LogP contribution in [0.25, 0.3) is 10.8 Å². The van der Waals surface area contributed by atoms with Crippen LogP contribution >= 0.6 is 12.2 Å². The van der Waals surface area contributed by atoms with Gasteiger partial charge in [-0.05, 0) is 34.6 Å². The standard InChI is InChI=1S/C21H15F3N4S/c22-21(23,24)18-11-4-2-7-16(18)13-25-28-19(26-27-20(28)29)12-15-9-5-8-14-6-1-3-10-17(14)15/h1-11,13H,12H2,(H,27,29)/b25-13-. The summed E-state index contributed by atoms with van der Waals surface area (Å²) in [5.41, 5.74) is 0.220. The van der Waals surface area contributed by atoms with Crippen LogP contribution in [-0.2, 0) is 12.6 Å². The van der Waals surface area contributed by atoms with Gasteiger partial charge in [0.1, 0.15) is 0 Å². The minimum Gasteiger partial charge on any atom is -0.250 e. The van der Waals surface area contributed by atoms with Crippen molar-refractivity contribution in [3.8, 4) is 0 Å². The number of aromatic amines is 1. The number of hydrogen-bond donors (Lipinski definition) is 1. The normalized spacial score (nSPS) is 12.1. The fraction of sp³-hybridized carbons (Fsp3) is 0.0952. The summed E-state index contributed by atoms with van der Waals surface area (Å²) in [6, 6.07) is 19.1. The highest BCUT2D eigenvalue weighted by Crippen LogP contribution is 2.31. The number of rotatable bonds is 4. The van der Waals surface area contributed by atoms with E-state index < -0.39 is 11.7 Å². The van der Waals surface area contributed by atoms with Gasteiger partial charge in [0.15, 0.2) is 5.82 Å². The summed E-state index contributed by atoms with van der Waals surface area (Å²) < 4.78 is 41.2. The van der Waals surface area contributed by atoms with E-state index in [1.54, 1.807) is 0 Å². The van der Waals surface area contributed by atoms with Gasteiger partial charge in [-0.1, -0.05) is 60.7 Å². The molecule has 29 heavy (non-hydrogen) atoms. The Hall–Kier alpha value is -3.26. The van der Waals surface area contributed by atoms with Crippen molar-refractivity contribution in [1.29, 1.82) is 0 Å². The van der Waals surface area contributed by atoms with Gasteiger partial charge in [0, 0.05) is 12.0 Å². The summed E-state index contributed by atoms with van der Waals surface area (Å²) >= 11 is 5.22. The van der Waals surface area contributed by atoms with Crippen LogP contribution in [0.1, 0.15) is 22.5 Å². The van der Waals surface area contributed by atoms with E-state index in [9.17, 15) is 13.2 Å². The third-order valence-corrected chi connectivity index (χ3v) is 4.79. The van der Waals surface area contributed by atoms with Crippen molar-refractivity contribution >= 4 is 29.2 Å². The lowest BCUT2D eigenvalue weighted by molar-refractivity contribution is -0.137. The maximum atomic E-state index is 13.2. The van der Waals surface area contributed by atoms with E-state index >= 15 is 0 Å². The van der Waals surface area contributed by atoms with Gasteiger partial charge in [-0.15, -0.1) is 0 Å². The third kappa shape index (κ3) is 3.97. The molecule has 0 atom stereocenters. The summed E-state index contributed by atoms with van der Waals surface area (Å²) in [6.45, 7) is 0. The van der Waals surface area contributed by atoms with Crippen LogP contribution in [-0.4, -0.2) is 21.1 Å². The molecule has 0 radical (unpaired) electrons. The van der Waals surface area contributed by atoms with Crippen molar-refractivity contribution < 1.29 is 13.2 Å². The fourth-order valence-corrected chi connectivity index (χ4v) is 3.36. The maximum absolute atomic E-state index is 13.2. The smallest absolute Gasteiger partial charge is 0.250 e. The van der Waals surface area contributed by atoms with Crippen LogP contribution in [0.5, 0.6) is 0 Å². The lowest BCUT2D eigenvalue weighted by Crippen LogP contribution is -2.09. The highest BCUT2D eigenvalue weighted by molar-refractivity contribution is 7.71. The van der Waals surface area contributed by atoms with E-state index in [-0.39, 0.29) is 10.3 Å². The molecule has 146 valence electrons. The van der Waals surface area contributed by atoms with Crippen LogP contribution in [0.15, 0.2) is 71.8 Å². The Labute approximate surface area is 169 Å². The zero-order valence-corrected chi connectivity index (χ0v) is 15.8. The Morgan fingerprint density at radius 2 is 1.72 bits per heavy atom. The van der Waals surface area contributed by atoms with Crippen LogP contribution in [0, 0.1) is 4.77 Å². The molecule has 8 heteroatoms. The second-order valence-electron chi connectivity index (χ2n) is 6.40. The first-order valence-electron chi connectivity index (χ1n) is 8.77. The first-order chi connectivity index (χ1) is 13.9. The Morgan fingerprint density at radius 1 is 1.00 bits per heavy atom. The van der Waals surface area contributed by atoms with Gasteiger partial charge in [0.2, 0.25) is 4.77 Å². The van der Waals surface area contributed by atoms with Crippen molar-refractivity contribution in [2.24, 2.45) is 5.10 Å². The second-order valence-corrected chi connectivity index (χ2v) is 6.79. The molecule has 4 rings (SSSR count). The average Bonchev–Trinajstić information content (AvgIpc) is 3.05. The van der Waals surface area contributed by atoms with E-state index in [1.807, 2.05) is 42.5 Å². The molecule has 1 heterocycles. The van der Waals surface area contributed by atoms with Crippen molar-refractivity contribution in [3.63, 3.8) is 0 Å². The van der Waals surface area contributed by atoms with E-state index in [1.165, 1.54) is 22.9 Å². The largest absolute Gasteiger partial charge is 0.417 e. The number of nitrogens with one attached hydrogen (secondary N) is 1. The van der Waals surface area contributed by atoms with Crippen LogP contribution in [0.2, 0.25) is 0 Å². The fourth-order valence-electron chi connectivity index (χ4n) is 3.16. The second kappa shape index (κ2) is 7.63. The van der Waals surface area contributed by atoms with Gasteiger partial charge in [-0.2, -0.15) is 28.0 Å². The van der Waals surface area contributed by atoms with Crippen molar-refractivity contribution in [3.05, 3.63) is 94.0 Å². The van der Waals surface area contributed by atoms with Gasteiger partial charge < -0.3 is 0 Å². The summed E-state index contributed by atoms with van der Waals surface area (Å²) in [4.78, 5) is 0. The van der Waals surface area contributed by atoms with E-state index in [0.29, 0.717) is 12.2 Å². The predicted octanol–water partition coefficient (Wildman–Crippen LogP) is 5.59. The number of fused-ring (bicyclic) bond motifs is 1. The first kappa shape index (κ1) is 19.1. The topological polar surface area (TPSA) is 46.0 Å². The monoisotopic (exact) mass is 412 g/mol. The minimum atomic E-state index is -4.47. The molecule has 1 N–H and O–H groups in total. The van der Waals surface area contributed by atoms with Crippen LogP contribution in [0.3, 0.4) is 0 Å². The molecule has 1 aromatic heterocycles. The van der Waals surface area contributed by atoms with Gasteiger partial charge in [0.05, 0.1) is 11.8 Å². The molecule has 0 aliphatic heterocycles. The Bertz CT molecular complexity index is 1250. The molecule has 0 amide bonds. The van der Waals surface area contributed by atoms with Gasteiger partial charge in [0.25, 0.3) is 0 Å². The minimum absolute atomic E-state index is 0.0424. The number of benzene rings is 3. The molecule has 0 bridgehead atoms. The molecule has 0 spiro atoms. The lowest BCUT2D eigenvalue weighted by atomic mass is 10.0. The number of nitrogens with zero attached hydrogens (tertiary/aromatic N) is 3. The average molecular weight is 412 g/mol. The first-order valence-corrected chi connectivity index (χ1v) is 9.18. The van der Waals surface area contributed by atoms with Crippen LogP contribution in [0.4, 0.5) is 13.2 Å². The number of H-pyrrole nitrogens is 1. The molecule has 0 fully saturated rings. The van der Waals surface area contributed by atoms with Crippen molar-refractivity contribution in [2.45, 2.75) is 12.6 Å². The number of alkyl halides is 3. The highest BCUT2D eigenvalue weighted by Gasteiger charge is 2.32. The summed E-state index contributed by atoms with van der Waals surface area (Å²) in [5.74, 6) is 0.507. The third-order valence-electron chi connectivity index (χ3n) is 4.52. The van der Waals surface area contributed by atoms with Crippen molar-refractivity contribution in [2.75, 3.05) is 0 Å². The zero-order chi connectivity index (χ0) is 20.4. The molecule has 0 saturated heterocycles. The van der Waals surface area contributed by atoms with Crippen molar-refractivity contribution in [1.82, 2.24) is 14.9 Å². The molecule has 0 unspecified atom stereocenters. The number of hydrogen-bond acceptors (Lipinski definition) is 3. The quantitative estimate of drug-likeness (QED) is 0.351. The molecule has 0 aliphatic carbocycles. The van der Waals surface area contributed by atoms with E-state index in [4.69, 9.17) is 12.2 Å². The number of aromatic nitrogens is 3.